The van der Waals surface area contributed by atoms with Crippen LogP contribution in [0.25, 0.3) is 0 Å². The highest BCUT2D eigenvalue weighted by atomic mass is 79.9. The van der Waals surface area contributed by atoms with Crippen LogP contribution in [0, 0.1) is 6.92 Å². The molecule has 0 heterocycles. The third kappa shape index (κ3) is 3.94. The van der Waals surface area contributed by atoms with Crippen LogP contribution in [0.2, 0.25) is 10.0 Å². The van der Waals surface area contributed by atoms with Gasteiger partial charge in [-0.3, -0.25) is 0 Å². The first-order valence-electron chi connectivity index (χ1n) is 6.74. The van der Waals surface area contributed by atoms with Crippen LogP contribution in [0.15, 0.2) is 30.3 Å². The quantitative estimate of drug-likeness (QED) is 0.507. The average molecular weight is 388 g/mol. The maximum Gasteiger partial charge on any atom is 0.132 e. The van der Waals surface area contributed by atoms with Crippen molar-refractivity contribution in [3.63, 3.8) is 0 Å². The smallest absolute Gasteiger partial charge is 0.132 e. The van der Waals surface area contributed by atoms with E-state index in [9.17, 15) is 0 Å². The van der Waals surface area contributed by atoms with E-state index < -0.39 is 0 Å². The summed E-state index contributed by atoms with van der Waals surface area (Å²) in [6.45, 7) is 6.22. The monoisotopic (exact) mass is 386 g/mol. The second kappa shape index (κ2) is 7.04. The maximum atomic E-state index is 6.30. The van der Waals surface area contributed by atoms with E-state index in [0.29, 0.717) is 16.3 Å². The molecule has 0 aliphatic carbocycles. The van der Waals surface area contributed by atoms with E-state index in [4.69, 9.17) is 27.9 Å². The van der Waals surface area contributed by atoms with E-state index in [0.717, 1.165) is 33.2 Å². The van der Waals surface area contributed by atoms with Gasteiger partial charge < -0.3 is 4.74 Å². The molecule has 0 amide bonds. The minimum absolute atomic E-state index is 0.343. The molecule has 0 saturated carbocycles. The van der Waals surface area contributed by atoms with Crippen molar-refractivity contribution in [3.8, 4) is 11.5 Å². The number of rotatable bonds is 4. The van der Waals surface area contributed by atoms with Crippen LogP contribution in [0.4, 0.5) is 0 Å². The van der Waals surface area contributed by atoms with E-state index in [2.05, 4.69) is 29.8 Å². The summed E-state index contributed by atoms with van der Waals surface area (Å²) in [5, 5.41) is 2.15. The average Bonchev–Trinajstić information content (AvgIpc) is 2.41. The minimum atomic E-state index is 0.343. The van der Waals surface area contributed by atoms with E-state index in [1.54, 1.807) is 0 Å². The lowest BCUT2D eigenvalue weighted by Gasteiger charge is -2.16. The fourth-order valence-electron chi connectivity index (χ4n) is 2.07. The number of hydrogen-bond acceptors (Lipinski definition) is 1. The van der Waals surface area contributed by atoms with Gasteiger partial charge in [0, 0.05) is 20.9 Å². The van der Waals surface area contributed by atoms with Gasteiger partial charge in [-0.1, -0.05) is 59.0 Å². The largest absolute Gasteiger partial charge is 0.457 e. The van der Waals surface area contributed by atoms with Crippen LogP contribution >= 0.6 is 39.1 Å². The van der Waals surface area contributed by atoms with E-state index in [-0.39, 0.29) is 0 Å². The zero-order valence-corrected chi connectivity index (χ0v) is 15.3. The summed E-state index contributed by atoms with van der Waals surface area (Å²) in [6, 6.07) is 9.62. The topological polar surface area (TPSA) is 9.23 Å². The number of ether oxygens (including phenoxy) is 1. The van der Waals surface area contributed by atoms with Crippen LogP contribution in [0.3, 0.4) is 0 Å². The summed E-state index contributed by atoms with van der Waals surface area (Å²) >= 11 is 15.8. The summed E-state index contributed by atoms with van der Waals surface area (Å²) in [5.41, 5.74) is 3.14. The molecule has 0 unspecified atom stereocenters. The third-order valence-electron chi connectivity index (χ3n) is 3.31. The first kappa shape index (κ1) is 16.7. The van der Waals surface area contributed by atoms with Gasteiger partial charge in [-0.15, -0.1) is 0 Å². The van der Waals surface area contributed by atoms with Gasteiger partial charge in [-0.05, 0) is 48.2 Å². The molecule has 0 atom stereocenters. The lowest BCUT2D eigenvalue weighted by Crippen LogP contribution is -1.96. The second-order valence-corrected chi connectivity index (χ2v) is 6.69. The zero-order chi connectivity index (χ0) is 15.6. The van der Waals surface area contributed by atoms with Crippen LogP contribution in [0.5, 0.6) is 11.5 Å². The molecule has 0 spiro atoms. The first-order chi connectivity index (χ1) is 9.92. The second-order valence-electron chi connectivity index (χ2n) is 5.28. The SMILES string of the molecule is Cc1cc(Cl)c(C(C)C)cc1Oc1cc(Cl)ccc1CBr. The van der Waals surface area contributed by atoms with E-state index in [1.165, 1.54) is 0 Å². The number of benzene rings is 2. The molecule has 2 aromatic rings. The molecule has 0 aliphatic heterocycles. The molecular weight excluding hydrogens is 371 g/mol. The first-order valence-corrected chi connectivity index (χ1v) is 8.62. The molecule has 1 nitrogen and oxygen atoms in total. The molecule has 0 saturated heterocycles. The third-order valence-corrected chi connectivity index (χ3v) is 4.48. The summed E-state index contributed by atoms with van der Waals surface area (Å²) < 4.78 is 6.08. The van der Waals surface area contributed by atoms with E-state index >= 15 is 0 Å². The molecule has 0 aromatic heterocycles. The van der Waals surface area contributed by atoms with Gasteiger partial charge in [0.1, 0.15) is 11.5 Å². The highest BCUT2D eigenvalue weighted by molar-refractivity contribution is 9.08. The molecule has 4 heteroatoms. The number of halogens is 3. The Morgan fingerprint density at radius 2 is 1.81 bits per heavy atom. The number of aryl methyl sites for hydroxylation is 1. The molecule has 2 rings (SSSR count). The van der Waals surface area contributed by atoms with Crippen molar-refractivity contribution >= 4 is 39.1 Å². The molecule has 0 fully saturated rings. The molecule has 0 radical (unpaired) electrons. The van der Waals surface area contributed by atoms with Gasteiger partial charge in [0.2, 0.25) is 0 Å². The van der Waals surface area contributed by atoms with Crippen LogP contribution in [-0.4, -0.2) is 0 Å². The fourth-order valence-corrected chi connectivity index (χ4v) is 3.13. The molecule has 0 N–H and O–H groups in total. The zero-order valence-electron chi connectivity index (χ0n) is 12.2. The van der Waals surface area contributed by atoms with Crippen molar-refractivity contribution in [1.29, 1.82) is 0 Å². The van der Waals surface area contributed by atoms with Gasteiger partial charge in [0.05, 0.1) is 0 Å². The van der Waals surface area contributed by atoms with Crippen LogP contribution in [0.1, 0.15) is 36.5 Å². The summed E-state index contributed by atoms with van der Waals surface area (Å²) in [4.78, 5) is 0. The normalized spacial score (nSPS) is 11.0. The molecule has 0 aliphatic rings. The van der Waals surface area contributed by atoms with Crippen molar-refractivity contribution in [2.24, 2.45) is 0 Å². The Morgan fingerprint density at radius 1 is 1.10 bits per heavy atom. The Morgan fingerprint density at radius 3 is 2.43 bits per heavy atom. The minimum Gasteiger partial charge on any atom is -0.457 e. The van der Waals surface area contributed by atoms with Gasteiger partial charge in [-0.25, -0.2) is 0 Å². The molecule has 0 bridgehead atoms. The molecule has 2 aromatic carbocycles. The van der Waals surface area contributed by atoms with E-state index in [1.807, 2.05) is 37.3 Å². The van der Waals surface area contributed by atoms with Crippen molar-refractivity contribution in [2.45, 2.75) is 32.0 Å². The Kier molecular flexibility index (Phi) is 5.59. The highest BCUT2D eigenvalue weighted by Gasteiger charge is 2.12. The predicted molar refractivity (Wildman–Crippen MR) is 94.4 cm³/mol. The van der Waals surface area contributed by atoms with Crippen molar-refractivity contribution in [1.82, 2.24) is 0 Å². The number of alkyl halides is 1. The summed E-state index contributed by atoms with van der Waals surface area (Å²) in [5.74, 6) is 1.92. The Balaban J connectivity index is 2.44. The Labute approximate surface area is 144 Å². The Bertz CT molecular complexity index is 653. The Hall–Kier alpha value is -0.700. The van der Waals surface area contributed by atoms with Crippen LogP contribution in [-0.2, 0) is 5.33 Å². The van der Waals surface area contributed by atoms with Crippen molar-refractivity contribution < 1.29 is 4.74 Å². The molecule has 21 heavy (non-hydrogen) atoms. The molecule has 112 valence electrons. The van der Waals surface area contributed by atoms with Crippen LogP contribution < -0.4 is 4.74 Å². The van der Waals surface area contributed by atoms with Gasteiger partial charge >= 0.3 is 0 Å². The van der Waals surface area contributed by atoms with Gasteiger partial charge in [0.25, 0.3) is 0 Å². The fraction of sp³-hybridized carbons (Fsp3) is 0.294. The summed E-state index contributed by atoms with van der Waals surface area (Å²) in [7, 11) is 0. The molecular formula is C17H17BrCl2O. The number of hydrogen-bond donors (Lipinski definition) is 0. The van der Waals surface area contributed by atoms with Gasteiger partial charge in [-0.2, -0.15) is 0 Å². The predicted octanol–water partition coefficient (Wildman–Crippen LogP) is 7.11. The summed E-state index contributed by atoms with van der Waals surface area (Å²) in [6.07, 6.45) is 0. The van der Waals surface area contributed by atoms with Gasteiger partial charge in [0.15, 0.2) is 0 Å². The lowest BCUT2D eigenvalue weighted by molar-refractivity contribution is 0.474. The standard InChI is InChI=1S/C17H17BrCl2O/c1-10(2)14-8-16(11(3)6-15(14)20)21-17-7-13(19)5-4-12(17)9-18/h4-8,10H,9H2,1-3H3. The van der Waals surface area contributed by atoms with Crippen molar-refractivity contribution in [3.05, 3.63) is 57.1 Å². The lowest BCUT2D eigenvalue weighted by atomic mass is 10.0. The van der Waals surface area contributed by atoms with Crippen molar-refractivity contribution in [2.75, 3.05) is 0 Å². The maximum absolute atomic E-state index is 6.30. The highest BCUT2D eigenvalue weighted by Crippen LogP contribution is 2.36.